The zero-order valence-electron chi connectivity index (χ0n) is 6.11. The normalized spacial score (nSPS) is 11.2. The monoisotopic (exact) mass is 180 g/mol. The Bertz CT molecular complexity index is 179. The highest BCUT2D eigenvalue weighted by atomic mass is 31.2. The second kappa shape index (κ2) is 3.76. The number of aliphatic carboxylic acids is 1. The van der Waals surface area contributed by atoms with Crippen LogP contribution in [0.3, 0.4) is 0 Å². The second-order valence-corrected chi connectivity index (χ2v) is 4.76. The zero-order valence-corrected chi connectivity index (χ0v) is 7.01. The van der Waals surface area contributed by atoms with Crippen LogP contribution in [-0.4, -0.2) is 32.5 Å². The molecule has 0 rings (SSSR count). The molecule has 0 bridgehead atoms. The minimum absolute atomic E-state index is 0.237. The van der Waals surface area contributed by atoms with E-state index in [4.69, 9.17) is 20.3 Å². The van der Waals surface area contributed by atoms with E-state index in [1.165, 1.54) is 6.92 Å². The number of hydrogen-bond donors (Lipinski definition) is 4. The van der Waals surface area contributed by atoms with Crippen molar-refractivity contribution in [2.75, 3.05) is 6.16 Å². The summed E-state index contributed by atoms with van der Waals surface area (Å²) in [6.45, 7) is 1.26. The predicted molar refractivity (Wildman–Crippen MR) is 41.9 cm³/mol. The van der Waals surface area contributed by atoms with Crippen molar-refractivity contribution < 1.29 is 19.7 Å². The molecule has 0 aromatic carbocycles. The lowest BCUT2D eigenvalue weighted by molar-refractivity contribution is -0.136. The summed E-state index contributed by atoms with van der Waals surface area (Å²) in [7, 11) is -3.37. The van der Waals surface area contributed by atoms with E-state index in [1.54, 1.807) is 0 Å². The van der Waals surface area contributed by atoms with Crippen molar-refractivity contribution in [3.05, 3.63) is 0 Å². The molecule has 0 aromatic rings. The largest absolute Gasteiger partial charge is 0.481 e. The van der Waals surface area contributed by atoms with Crippen LogP contribution < -0.4 is 0 Å². The fraction of sp³-hybridized carbons (Fsp3) is 0.600. The summed E-state index contributed by atoms with van der Waals surface area (Å²) >= 11 is 0. The van der Waals surface area contributed by atoms with E-state index in [-0.39, 0.29) is 18.0 Å². The molecule has 0 atom stereocenters. The number of hydrogen-bond acceptors (Lipinski definition) is 4. The van der Waals surface area contributed by atoms with Gasteiger partial charge in [-0.05, 0) is 0 Å². The summed E-state index contributed by atoms with van der Waals surface area (Å²) in [6, 6.07) is 0. The molecule has 64 valence electrons. The van der Waals surface area contributed by atoms with E-state index in [2.05, 4.69) is 0 Å². The summed E-state index contributed by atoms with van der Waals surface area (Å²) in [5, 5.41) is 15.1. The SMILES string of the molecule is CC(=N)[P+](O)(O)CCC(=O)O. The van der Waals surface area contributed by atoms with Gasteiger partial charge in [-0.2, -0.15) is 0 Å². The molecule has 0 radical (unpaired) electrons. The second-order valence-electron chi connectivity index (χ2n) is 2.18. The van der Waals surface area contributed by atoms with Crippen molar-refractivity contribution in [2.24, 2.45) is 0 Å². The molecule has 0 saturated heterocycles. The van der Waals surface area contributed by atoms with Crippen LogP contribution in [0.2, 0.25) is 0 Å². The van der Waals surface area contributed by atoms with Crippen molar-refractivity contribution in [1.82, 2.24) is 0 Å². The Hall–Kier alpha value is -0.510. The van der Waals surface area contributed by atoms with Gasteiger partial charge in [-0.15, -0.1) is 0 Å². The van der Waals surface area contributed by atoms with Crippen LogP contribution in [0.4, 0.5) is 0 Å². The summed E-state index contributed by atoms with van der Waals surface area (Å²) in [5.74, 6) is -1.08. The van der Waals surface area contributed by atoms with Crippen molar-refractivity contribution in [3.63, 3.8) is 0 Å². The number of rotatable bonds is 4. The van der Waals surface area contributed by atoms with Gasteiger partial charge >= 0.3 is 13.7 Å². The van der Waals surface area contributed by atoms with Gasteiger partial charge in [-0.25, -0.2) is 9.79 Å². The van der Waals surface area contributed by atoms with Crippen LogP contribution in [0.15, 0.2) is 0 Å². The van der Waals surface area contributed by atoms with E-state index in [1.807, 2.05) is 0 Å². The first-order valence-electron chi connectivity index (χ1n) is 2.97. The first-order valence-corrected chi connectivity index (χ1v) is 4.85. The number of carboxylic acids is 1. The molecule has 0 amide bonds. The molecule has 0 fully saturated rings. The lowest BCUT2D eigenvalue weighted by Gasteiger charge is -2.07. The fourth-order valence-electron chi connectivity index (χ4n) is 0.419. The van der Waals surface area contributed by atoms with Gasteiger partial charge in [0.15, 0.2) is 0 Å². The van der Waals surface area contributed by atoms with Gasteiger partial charge in [0.25, 0.3) is 0 Å². The van der Waals surface area contributed by atoms with Gasteiger partial charge in [0.05, 0.1) is 6.42 Å². The minimum Gasteiger partial charge on any atom is -0.481 e. The Morgan fingerprint density at radius 1 is 1.55 bits per heavy atom. The van der Waals surface area contributed by atoms with Gasteiger partial charge in [0.1, 0.15) is 6.16 Å². The lowest BCUT2D eigenvalue weighted by atomic mass is 10.5. The van der Waals surface area contributed by atoms with Crippen molar-refractivity contribution in [2.45, 2.75) is 13.3 Å². The quantitative estimate of drug-likeness (QED) is 0.369. The van der Waals surface area contributed by atoms with Gasteiger partial charge in [0.2, 0.25) is 5.45 Å². The van der Waals surface area contributed by atoms with E-state index < -0.39 is 13.7 Å². The minimum atomic E-state index is -3.37. The predicted octanol–water partition coefficient (Wildman–Crippen LogP) is 0.290. The van der Waals surface area contributed by atoms with E-state index >= 15 is 0 Å². The molecule has 0 spiro atoms. The average Bonchev–Trinajstić information content (AvgIpc) is 1.84. The highest BCUT2D eigenvalue weighted by Crippen LogP contribution is 2.50. The standard InChI is InChI=1S/C5H10NO4P/c1-4(6)11(9,10)3-2-5(7)8/h6,9-10H,2-3H2,1H3/p+1. The first-order chi connectivity index (χ1) is 4.86. The van der Waals surface area contributed by atoms with Crippen LogP contribution in [-0.2, 0) is 4.79 Å². The highest BCUT2D eigenvalue weighted by Gasteiger charge is 2.37. The Kier molecular flexibility index (Phi) is 3.58. The van der Waals surface area contributed by atoms with Gasteiger partial charge < -0.3 is 5.11 Å². The Morgan fingerprint density at radius 3 is 2.27 bits per heavy atom. The molecule has 4 N–H and O–H groups in total. The summed E-state index contributed by atoms with van der Waals surface area (Å²) in [5.41, 5.74) is -0.237. The molecule has 0 aliphatic rings. The highest BCUT2D eigenvalue weighted by molar-refractivity contribution is 7.81. The van der Waals surface area contributed by atoms with E-state index in [9.17, 15) is 4.79 Å². The molecule has 0 aliphatic heterocycles. The Balaban J connectivity index is 3.92. The molecule has 5 nitrogen and oxygen atoms in total. The zero-order chi connectivity index (χ0) is 9.07. The summed E-state index contributed by atoms with van der Waals surface area (Å²) < 4.78 is 0. The smallest absolute Gasteiger partial charge is 0.314 e. The maximum Gasteiger partial charge on any atom is 0.314 e. The molecule has 6 heteroatoms. The van der Waals surface area contributed by atoms with E-state index in [0.717, 1.165) is 0 Å². The van der Waals surface area contributed by atoms with Crippen molar-refractivity contribution >= 4 is 19.1 Å². The number of carbonyl (C=O) groups is 1. The van der Waals surface area contributed by atoms with Gasteiger partial charge in [-0.3, -0.25) is 10.2 Å². The maximum absolute atomic E-state index is 9.99. The van der Waals surface area contributed by atoms with E-state index in [0.29, 0.717) is 0 Å². The van der Waals surface area contributed by atoms with Crippen LogP contribution in [0, 0.1) is 5.41 Å². The van der Waals surface area contributed by atoms with Crippen LogP contribution in [0.25, 0.3) is 0 Å². The lowest BCUT2D eigenvalue weighted by Crippen LogP contribution is -2.08. The van der Waals surface area contributed by atoms with Gasteiger partial charge in [0, 0.05) is 6.92 Å². The molecule has 0 unspecified atom stereocenters. The fourth-order valence-corrected chi connectivity index (χ4v) is 1.26. The molecule has 11 heavy (non-hydrogen) atoms. The topological polar surface area (TPSA) is 102 Å². The summed E-state index contributed by atoms with van der Waals surface area (Å²) in [6.07, 6.45) is -0.547. The third kappa shape index (κ3) is 4.03. The van der Waals surface area contributed by atoms with Crippen LogP contribution >= 0.6 is 7.72 Å². The average molecular weight is 180 g/mol. The number of nitrogens with one attached hydrogen (secondary N) is 1. The molecule has 0 saturated carbocycles. The van der Waals surface area contributed by atoms with Crippen molar-refractivity contribution in [1.29, 1.82) is 5.41 Å². The van der Waals surface area contributed by atoms with Gasteiger partial charge in [-0.1, -0.05) is 0 Å². The third-order valence-corrected chi connectivity index (χ3v) is 3.10. The maximum atomic E-state index is 9.99. The third-order valence-electron chi connectivity index (χ3n) is 1.17. The molecule has 0 heterocycles. The number of carboxylic acid groups (broad SMARTS) is 1. The van der Waals surface area contributed by atoms with Crippen LogP contribution in [0.1, 0.15) is 13.3 Å². The Morgan fingerprint density at radius 2 is 2.00 bits per heavy atom. The molecule has 0 aromatic heterocycles. The molecule has 0 aliphatic carbocycles. The summed E-state index contributed by atoms with van der Waals surface area (Å²) in [4.78, 5) is 28.0. The first kappa shape index (κ1) is 10.5. The molecular formula is C5H11NO4P+. The molecular weight excluding hydrogens is 169 g/mol. The Labute approximate surface area is 64.7 Å². The van der Waals surface area contributed by atoms with Crippen molar-refractivity contribution in [3.8, 4) is 0 Å². The van der Waals surface area contributed by atoms with Crippen LogP contribution in [0.5, 0.6) is 0 Å².